The van der Waals surface area contributed by atoms with Gasteiger partial charge in [-0.1, -0.05) is 0 Å². The fraction of sp³-hybridized carbons (Fsp3) is 0.500. The molecule has 0 bridgehead atoms. The molecule has 0 atom stereocenters. The highest BCUT2D eigenvalue weighted by Crippen LogP contribution is 2.48. The largest absolute Gasteiger partial charge is 0.396 e. The van der Waals surface area contributed by atoms with Gasteiger partial charge in [0.25, 0.3) is 5.91 Å². The summed E-state index contributed by atoms with van der Waals surface area (Å²) in [6.07, 6.45) is 2.49. The number of hydrogen-bond donors (Lipinski definition) is 3. The molecule has 116 valence electrons. The van der Waals surface area contributed by atoms with E-state index in [4.69, 9.17) is 5.11 Å². The second-order valence-corrected chi connectivity index (χ2v) is 7.17. The molecule has 1 amide bonds. The standard InChI is InChI=1S/C14H20N2O4S/c1-15-13(18)11-2-4-12(5-3-11)21(19,20)16-10-14(6-7-14)8-9-17/h2-5,16-17H,6-10H2,1H3,(H,15,18). The number of carbonyl (C=O) groups excluding carboxylic acids is 1. The van der Waals surface area contributed by atoms with Crippen LogP contribution in [0.2, 0.25) is 0 Å². The van der Waals surface area contributed by atoms with E-state index in [0.29, 0.717) is 18.5 Å². The number of aliphatic hydroxyl groups excluding tert-OH is 1. The molecule has 3 N–H and O–H groups in total. The molecule has 0 aliphatic heterocycles. The Morgan fingerprint density at radius 3 is 2.38 bits per heavy atom. The minimum absolute atomic E-state index is 0.0720. The van der Waals surface area contributed by atoms with Gasteiger partial charge in [0.15, 0.2) is 0 Å². The van der Waals surface area contributed by atoms with Gasteiger partial charge < -0.3 is 10.4 Å². The van der Waals surface area contributed by atoms with Crippen molar-refractivity contribution < 1.29 is 18.3 Å². The summed E-state index contributed by atoms with van der Waals surface area (Å²) in [5.74, 6) is -0.258. The second kappa shape index (κ2) is 6.13. The summed E-state index contributed by atoms with van der Waals surface area (Å²) in [6, 6.07) is 5.79. The molecule has 1 saturated carbocycles. The Kier molecular flexibility index (Phi) is 4.65. The van der Waals surface area contributed by atoms with Crippen LogP contribution in [0.15, 0.2) is 29.2 Å². The van der Waals surface area contributed by atoms with E-state index in [1.807, 2.05) is 0 Å². The van der Waals surface area contributed by atoms with Gasteiger partial charge in [0.1, 0.15) is 0 Å². The van der Waals surface area contributed by atoms with Crippen molar-refractivity contribution in [2.24, 2.45) is 5.41 Å². The average molecular weight is 312 g/mol. The number of hydrogen-bond acceptors (Lipinski definition) is 4. The zero-order valence-corrected chi connectivity index (χ0v) is 12.7. The van der Waals surface area contributed by atoms with Crippen LogP contribution in [-0.2, 0) is 10.0 Å². The highest BCUT2D eigenvalue weighted by atomic mass is 32.2. The van der Waals surface area contributed by atoms with Gasteiger partial charge in [-0.2, -0.15) is 0 Å². The number of aliphatic hydroxyl groups is 1. The molecule has 1 fully saturated rings. The van der Waals surface area contributed by atoms with Crippen LogP contribution in [0.4, 0.5) is 0 Å². The fourth-order valence-electron chi connectivity index (χ4n) is 2.19. The van der Waals surface area contributed by atoms with Gasteiger partial charge >= 0.3 is 0 Å². The van der Waals surface area contributed by atoms with E-state index in [1.165, 1.54) is 31.3 Å². The lowest BCUT2D eigenvalue weighted by Gasteiger charge is -2.14. The Morgan fingerprint density at radius 1 is 1.29 bits per heavy atom. The van der Waals surface area contributed by atoms with Gasteiger partial charge in [-0.05, 0) is 48.9 Å². The first-order chi connectivity index (χ1) is 9.92. The Morgan fingerprint density at radius 2 is 1.90 bits per heavy atom. The number of rotatable bonds is 7. The normalized spacial score (nSPS) is 16.5. The lowest BCUT2D eigenvalue weighted by molar-refractivity contribution is 0.0963. The molecule has 21 heavy (non-hydrogen) atoms. The summed E-state index contributed by atoms with van der Waals surface area (Å²) in [4.78, 5) is 11.5. The lowest BCUT2D eigenvalue weighted by Crippen LogP contribution is -2.30. The summed E-state index contributed by atoms with van der Waals surface area (Å²) in [5, 5.41) is 11.5. The molecule has 0 heterocycles. The smallest absolute Gasteiger partial charge is 0.251 e. The van der Waals surface area contributed by atoms with E-state index in [0.717, 1.165) is 12.8 Å². The van der Waals surface area contributed by atoms with Crippen molar-refractivity contribution in [2.75, 3.05) is 20.2 Å². The van der Waals surface area contributed by atoms with Crippen LogP contribution in [-0.4, -0.2) is 39.6 Å². The van der Waals surface area contributed by atoms with Crippen LogP contribution in [0.3, 0.4) is 0 Å². The first kappa shape index (κ1) is 15.9. The molecule has 6 nitrogen and oxygen atoms in total. The molecule has 0 aromatic heterocycles. The maximum absolute atomic E-state index is 12.2. The summed E-state index contributed by atoms with van der Waals surface area (Å²) in [7, 11) is -2.07. The van der Waals surface area contributed by atoms with E-state index in [-0.39, 0.29) is 22.8 Å². The summed E-state index contributed by atoms with van der Waals surface area (Å²) < 4.78 is 27.0. The minimum atomic E-state index is -3.58. The molecule has 0 spiro atoms. The maximum atomic E-state index is 12.2. The predicted molar refractivity (Wildman–Crippen MR) is 78.4 cm³/mol. The number of benzene rings is 1. The van der Waals surface area contributed by atoms with Gasteiger partial charge in [-0.15, -0.1) is 0 Å². The van der Waals surface area contributed by atoms with Crippen LogP contribution >= 0.6 is 0 Å². The predicted octanol–water partition coefficient (Wildman–Crippen LogP) is 0.487. The average Bonchev–Trinajstić information content (AvgIpc) is 3.25. The van der Waals surface area contributed by atoms with Gasteiger partial charge in [-0.3, -0.25) is 4.79 Å². The number of nitrogens with one attached hydrogen (secondary N) is 2. The first-order valence-electron chi connectivity index (χ1n) is 6.85. The van der Waals surface area contributed by atoms with Crippen LogP contribution in [0.5, 0.6) is 0 Å². The van der Waals surface area contributed by atoms with Gasteiger partial charge in [-0.25, -0.2) is 13.1 Å². The van der Waals surface area contributed by atoms with Crippen LogP contribution in [0, 0.1) is 5.41 Å². The molecule has 0 unspecified atom stereocenters. The van der Waals surface area contributed by atoms with Gasteiger partial charge in [0.2, 0.25) is 10.0 Å². The third-order valence-electron chi connectivity index (χ3n) is 3.89. The SMILES string of the molecule is CNC(=O)c1ccc(S(=O)(=O)NCC2(CCO)CC2)cc1. The summed E-state index contributed by atoms with van der Waals surface area (Å²) in [6.45, 7) is 0.412. The van der Waals surface area contributed by atoms with Crippen LogP contribution in [0.1, 0.15) is 29.6 Å². The van der Waals surface area contributed by atoms with E-state index in [1.54, 1.807) is 0 Å². The molecule has 1 aliphatic rings. The minimum Gasteiger partial charge on any atom is -0.396 e. The number of amides is 1. The lowest BCUT2D eigenvalue weighted by atomic mass is 10.0. The van der Waals surface area contributed by atoms with E-state index in [9.17, 15) is 13.2 Å². The van der Waals surface area contributed by atoms with E-state index in [2.05, 4.69) is 10.0 Å². The quantitative estimate of drug-likeness (QED) is 0.683. The van der Waals surface area contributed by atoms with Crippen molar-refractivity contribution in [1.29, 1.82) is 0 Å². The van der Waals surface area contributed by atoms with E-state index >= 15 is 0 Å². The van der Waals surface area contributed by atoms with Crippen LogP contribution in [0.25, 0.3) is 0 Å². The molecule has 0 radical (unpaired) electrons. The van der Waals surface area contributed by atoms with Crippen molar-refractivity contribution in [1.82, 2.24) is 10.0 Å². The Labute approximate surface area is 124 Å². The highest BCUT2D eigenvalue weighted by molar-refractivity contribution is 7.89. The van der Waals surface area contributed by atoms with Crippen LogP contribution < -0.4 is 10.0 Å². The van der Waals surface area contributed by atoms with Crippen molar-refractivity contribution in [3.8, 4) is 0 Å². The molecule has 1 aromatic carbocycles. The molecule has 1 aliphatic carbocycles. The number of sulfonamides is 1. The van der Waals surface area contributed by atoms with Gasteiger partial charge in [0.05, 0.1) is 4.90 Å². The zero-order valence-electron chi connectivity index (χ0n) is 11.9. The topological polar surface area (TPSA) is 95.5 Å². The second-order valence-electron chi connectivity index (χ2n) is 5.40. The van der Waals surface area contributed by atoms with Crippen molar-refractivity contribution >= 4 is 15.9 Å². The molecule has 1 aromatic rings. The zero-order chi connectivity index (χ0) is 15.5. The monoisotopic (exact) mass is 312 g/mol. The molecule has 2 rings (SSSR count). The third kappa shape index (κ3) is 3.81. The van der Waals surface area contributed by atoms with Crippen molar-refractivity contribution in [3.63, 3.8) is 0 Å². The molecular formula is C14H20N2O4S. The Bertz CT molecular complexity index is 606. The maximum Gasteiger partial charge on any atom is 0.251 e. The summed E-state index contributed by atoms with van der Waals surface area (Å²) in [5.41, 5.74) is 0.333. The summed E-state index contributed by atoms with van der Waals surface area (Å²) >= 11 is 0. The fourth-order valence-corrected chi connectivity index (χ4v) is 3.35. The molecule has 0 saturated heterocycles. The Balaban J connectivity index is 2.04. The van der Waals surface area contributed by atoms with Crippen molar-refractivity contribution in [3.05, 3.63) is 29.8 Å². The number of carbonyl (C=O) groups is 1. The van der Waals surface area contributed by atoms with Gasteiger partial charge in [0, 0.05) is 25.8 Å². The van der Waals surface area contributed by atoms with Crippen molar-refractivity contribution in [2.45, 2.75) is 24.2 Å². The third-order valence-corrected chi connectivity index (χ3v) is 5.31. The highest BCUT2D eigenvalue weighted by Gasteiger charge is 2.42. The Hall–Kier alpha value is -1.44. The molecular weight excluding hydrogens is 292 g/mol. The first-order valence-corrected chi connectivity index (χ1v) is 8.33. The van der Waals surface area contributed by atoms with E-state index < -0.39 is 10.0 Å². The molecule has 7 heteroatoms.